The number of anilines is 1. The number of carbonyl (C=O) groups excluding carboxylic acids is 1. The number of benzene rings is 2. The van der Waals surface area contributed by atoms with Crippen LogP contribution in [0, 0.1) is 0 Å². The number of aromatic amines is 1. The van der Waals surface area contributed by atoms with Crippen LogP contribution >= 0.6 is 11.6 Å². The van der Waals surface area contributed by atoms with Crippen LogP contribution in [0.15, 0.2) is 42.5 Å². The van der Waals surface area contributed by atoms with E-state index in [-0.39, 0.29) is 16.6 Å². The van der Waals surface area contributed by atoms with Gasteiger partial charge in [0.05, 0.1) is 22.3 Å². The van der Waals surface area contributed by atoms with Crippen LogP contribution in [-0.4, -0.2) is 34.0 Å². The van der Waals surface area contributed by atoms with E-state index in [1.165, 1.54) is 17.0 Å². The summed E-state index contributed by atoms with van der Waals surface area (Å²) >= 11 is 5.69. The number of imidazole rings is 1. The minimum atomic E-state index is -4.62. The summed E-state index contributed by atoms with van der Waals surface area (Å²) in [6, 6.07) is 10.4. The number of hydrogen-bond acceptors (Lipinski definition) is 2. The van der Waals surface area contributed by atoms with E-state index in [2.05, 4.69) is 15.3 Å². The number of H-pyrrole nitrogens is 1. The quantitative estimate of drug-likeness (QED) is 0.561. The third-order valence-electron chi connectivity index (χ3n) is 5.03. The summed E-state index contributed by atoms with van der Waals surface area (Å²) in [5.41, 5.74) is 0.488. The third-order valence-corrected chi connectivity index (χ3v) is 5.27. The SMILES string of the molecule is O=C(Nc1ccc(Cl)cc1C(F)(F)F)N1CCCC(c2nc3ccccc3[nH]2)C1. The fourth-order valence-electron chi connectivity index (χ4n) is 3.60. The summed E-state index contributed by atoms with van der Waals surface area (Å²) in [5, 5.41) is 2.35. The molecule has 2 N–H and O–H groups in total. The Labute approximate surface area is 169 Å². The molecule has 1 aromatic heterocycles. The fourth-order valence-corrected chi connectivity index (χ4v) is 3.78. The van der Waals surface area contributed by atoms with E-state index in [9.17, 15) is 18.0 Å². The summed E-state index contributed by atoms with van der Waals surface area (Å²) in [4.78, 5) is 22.1. The van der Waals surface area contributed by atoms with Crippen LogP contribution in [0.3, 0.4) is 0 Å². The normalized spacial score (nSPS) is 17.5. The number of nitrogens with one attached hydrogen (secondary N) is 2. The number of carbonyl (C=O) groups is 1. The predicted octanol–water partition coefficient (Wildman–Crippen LogP) is 5.65. The van der Waals surface area contributed by atoms with Crippen molar-refractivity contribution in [2.45, 2.75) is 24.9 Å². The molecule has 5 nitrogen and oxygen atoms in total. The van der Waals surface area contributed by atoms with Crippen molar-refractivity contribution in [2.75, 3.05) is 18.4 Å². The number of para-hydroxylation sites is 2. The topological polar surface area (TPSA) is 61.0 Å². The molecule has 1 saturated heterocycles. The van der Waals surface area contributed by atoms with Gasteiger partial charge < -0.3 is 15.2 Å². The van der Waals surface area contributed by atoms with Crippen LogP contribution in [0.5, 0.6) is 0 Å². The Morgan fingerprint density at radius 1 is 1.24 bits per heavy atom. The predicted molar refractivity (Wildman–Crippen MR) is 105 cm³/mol. The number of amides is 2. The summed E-state index contributed by atoms with van der Waals surface area (Å²) in [5.74, 6) is 0.778. The first-order chi connectivity index (χ1) is 13.8. The number of piperidine rings is 1. The third kappa shape index (κ3) is 4.17. The van der Waals surface area contributed by atoms with Crippen LogP contribution in [0.1, 0.15) is 30.1 Å². The second kappa shape index (κ2) is 7.59. The van der Waals surface area contributed by atoms with Gasteiger partial charge in [-0.2, -0.15) is 13.2 Å². The van der Waals surface area contributed by atoms with Gasteiger partial charge in [0.1, 0.15) is 5.82 Å². The molecule has 2 aromatic carbocycles. The van der Waals surface area contributed by atoms with Crippen molar-refractivity contribution < 1.29 is 18.0 Å². The van der Waals surface area contributed by atoms with Crippen molar-refractivity contribution in [1.82, 2.24) is 14.9 Å². The number of aromatic nitrogens is 2. The highest BCUT2D eigenvalue weighted by molar-refractivity contribution is 6.30. The molecule has 0 radical (unpaired) electrons. The number of fused-ring (bicyclic) bond motifs is 1. The number of alkyl halides is 3. The van der Waals surface area contributed by atoms with Gasteiger partial charge in [-0.25, -0.2) is 9.78 Å². The molecule has 0 spiro atoms. The summed E-state index contributed by atoms with van der Waals surface area (Å²) in [6.07, 6.45) is -3.04. The Bertz CT molecular complexity index is 1020. The minimum Gasteiger partial charge on any atom is -0.342 e. The lowest BCUT2D eigenvalue weighted by atomic mass is 9.97. The van der Waals surface area contributed by atoms with Crippen LogP contribution in [-0.2, 0) is 6.18 Å². The first kappa shape index (κ1) is 19.6. The van der Waals surface area contributed by atoms with Crippen molar-refractivity contribution in [3.05, 3.63) is 58.9 Å². The van der Waals surface area contributed by atoms with E-state index >= 15 is 0 Å². The van der Waals surface area contributed by atoms with Gasteiger partial charge in [-0.15, -0.1) is 0 Å². The van der Waals surface area contributed by atoms with Crippen molar-refractivity contribution in [1.29, 1.82) is 0 Å². The maximum atomic E-state index is 13.3. The van der Waals surface area contributed by atoms with Crippen molar-refractivity contribution in [3.8, 4) is 0 Å². The lowest BCUT2D eigenvalue weighted by molar-refractivity contribution is -0.136. The molecular formula is C20H18ClF3N4O. The van der Waals surface area contributed by atoms with Crippen molar-refractivity contribution in [3.63, 3.8) is 0 Å². The minimum absolute atomic E-state index is 0.00537. The Kier molecular flexibility index (Phi) is 5.12. The summed E-state index contributed by atoms with van der Waals surface area (Å²) in [6.45, 7) is 0.845. The highest BCUT2D eigenvalue weighted by Gasteiger charge is 2.35. The molecular weight excluding hydrogens is 405 g/mol. The molecule has 1 aliphatic heterocycles. The monoisotopic (exact) mass is 422 g/mol. The van der Waals surface area contributed by atoms with E-state index in [4.69, 9.17) is 11.6 Å². The van der Waals surface area contributed by atoms with Gasteiger partial charge in [0.25, 0.3) is 0 Å². The number of hydrogen-bond donors (Lipinski definition) is 2. The first-order valence-electron chi connectivity index (χ1n) is 9.18. The molecule has 2 heterocycles. The van der Waals surface area contributed by atoms with Crippen molar-refractivity contribution >= 4 is 34.4 Å². The highest BCUT2D eigenvalue weighted by atomic mass is 35.5. The van der Waals surface area contributed by atoms with Crippen LogP contribution in [0.25, 0.3) is 11.0 Å². The maximum absolute atomic E-state index is 13.3. The molecule has 2 amide bonds. The maximum Gasteiger partial charge on any atom is 0.418 e. The van der Waals surface area contributed by atoms with E-state index < -0.39 is 17.8 Å². The molecule has 3 aromatic rings. The molecule has 152 valence electrons. The number of rotatable bonds is 2. The average molecular weight is 423 g/mol. The molecule has 0 bridgehead atoms. The van der Waals surface area contributed by atoms with Crippen LogP contribution < -0.4 is 5.32 Å². The Balaban J connectivity index is 1.51. The molecule has 0 saturated carbocycles. The zero-order valence-electron chi connectivity index (χ0n) is 15.3. The second-order valence-electron chi connectivity index (χ2n) is 7.04. The van der Waals surface area contributed by atoms with E-state index in [1.807, 2.05) is 24.3 Å². The zero-order valence-corrected chi connectivity index (χ0v) is 16.0. The zero-order chi connectivity index (χ0) is 20.6. The van der Waals surface area contributed by atoms with Gasteiger partial charge in [-0.3, -0.25) is 0 Å². The lowest BCUT2D eigenvalue weighted by Gasteiger charge is -2.32. The average Bonchev–Trinajstić information content (AvgIpc) is 3.13. The number of urea groups is 1. The van der Waals surface area contributed by atoms with E-state index in [0.717, 1.165) is 35.8 Å². The molecule has 1 unspecified atom stereocenters. The smallest absolute Gasteiger partial charge is 0.342 e. The van der Waals surface area contributed by atoms with Crippen molar-refractivity contribution in [2.24, 2.45) is 0 Å². The Morgan fingerprint density at radius 3 is 2.79 bits per heavy atom. The van der Waals surface area contributed by atoms with Gasteiger partial charge in [0.15, 0.2) is 0 Å². The molecule has 4 rings (SSSR count). The van der Waals surface area contributed by atoms with Gasteiger partial charge >= 0.3 is 12.2 Å². The van der Waals surface area contributed by atoms with Crippen LogP contribution in [0.2, 0.25) is 5.02 Å². The summed E-state index contributed by atoms with van der Waals surface area (Å²) < 4.78 is 39.8. The number of likely N-dealkylation sites (tertiary alicyclic amines) is 1. The largest absolute Gasteiger partial charge is 0.418 e. The molecule has 1 fully saturated rings. The number of halogens is 4. The van der Waals surface area contributed by atoms with Crippen LogP contribution in [0.4, 0.5) is 23.7 Å². The summed E-state index contributed by atoms with van der Waals surface area (Å²) in [7, 11) is 0. The number of nitrogens with zero attached hydrogens (tertiary/aromatic N) is 2. The molecule has 9 heteroatoms. The van der Waals surface area contributed by atoms with Gasteiger partial charge in [0, 0.05) is 24.0 Å². The fraction of sp³-hybridized carbons (Fsp3) is 0.300. The molecule has 1 aliphatic rings. The lowest BCUT2D eigenvalue weighted by Crippen LogP contribution is -2.42. The van der Waals surface area contributed by atoms with E-state index in [1.54, 1.807) is 0 Å². The first-order valence-corrected chi connectivity index (χ1v) is 9.56. The highest BCUT2D eigenvalue weighted by Crippen LogP contribution is 2.37. The van der Waals surface area contributed by atoms with Gasteiger partial charge in [0.2, 0.25) is 0 Å². The standard InChI is InChI=1S/C20H18ClF3N4O/c21-13-7-8-15(14(10-13)20(22,23)24)27-19(29)28-9-3-4-12(11-28)18-25-16-5-1-2-6-17(16)26-18/h1-2,5-8,10,12H,3-4,9,11H2,(H,25,26)(H,27,29). The van der Waals surface area contributed by atoms with Gasteiger partial charge in [-0.05, 0) is 43.2 Å². The molecule has 29 heavy (non-hydrogen) atoms. The molecule has 0 aliphatic carbocycles. The Morgan fingerprint density at radius 2 is 2.03 bits per heavy atom. The molecule has 1 atom stereocenters. The second-order valence-corrected chi connectivity index (χ2v) is 7.48. The Hall–Kier alpha value is -2.74. The van der Waals surface area contributed by atoms with Gasteiger partial charge in [-0.1, -0.05) is 23.7 Å². The van der Waals surface area contributed by atoms with E-state index in [0.29, 0.717) is 13.1 Å².